The molecule has 0 amide bonds. The van der Waals surface area contributed by atoms with Crippen LogP contribution in [0.15, 0.2) is 42.1 Å². The first-order valence-corrected chi connectivity index (χ1v) is 11.8. The first kappa shape index (κ1) is 18.2. The normalized spacial score (nSPS) is 14.7. The van der Waals surface area contributed by atoms with Crippen LogP contribution in [0, 0.1) is 5.92 Å². The number of rotatable bonds is 9. The van der Waals surface area contributed by atoms with Crippen molar-refractivity contribution in [2.24, 2.45) is 5.92 Å². The first-order chi connectivity index (χ1) is 9.88. The zero-order valence-electron chi connectivity index (χ0n) is 14.2. The highest BCUT2D eigenvalue weighted by atomic mass is 28.3. The molecule has 1 rings (SSSR count). The average molecular weight is 305 g/mol. The van der Waals surface area contributed by atoms with Gasteiger partial charge in [-0.05, 0) is 12.0 Å². The van der Waals surface area contributed by atoms with Crippen molar-refractivity contribution in [3.05, 3.63) is 47.7 Å². The van der Waals surface area contributed by atoms with Gasteiger partial charge in [0.1, 0.15) is 0 Å². The fourth-order valence-corrected chi connectivity index (χ4v) is 4.17. The Labute approximate surface area is 132 Å². The summed E-state index contributed by atoms with van der Waals surface area (Å²) in [5.41, 5.74) is 1.03. The minimum Gasteiger partial charge on any atom is -0.388 e. The number of unbranched alkanes of at least 4 members (excludes halogenated alkanes) is 3. The van der Waals surface area contributed by atoms with Gasteiger partial charge in [-0.15, -0.1) is 6.58 Å². The van der Waals surface area contributed by atoms with E-state index in [0.29, 0.717) is 0 Å². The standard InChI is InChI=1S/C19H32OSi/c1-6-7-8-12-15-18(16(2)21(3,4)5)19(20)17-13-10-9-11-14-17/h9-11,13-14,18-20H,2,6-8,12,15H2,1,3-5H3. The van der Waals surface area contributed by atoms with Crippen LogP contribution in [0.2, 0.25) is 19.6 Å². The maximum Gasteiger partial charge on any atom is 0.0851 e. The van der Waals surface area contributed by atoms with Gasteiger partial charge in [-0.25, -0.2) is 0 Å². The molecule has 2 atom stereocenters. The lowest BCUT2D eigenvalue weighted by Gasteiger charge is -2.32. The number of aliphatic hydroxyl groups is 1. The molecule has 1 nitrogen and oxygen atoms in total. The third kappa shape index (κ3) is 5.80. The Bertz CT molecular complexity index is 419. The molecule has 0 heterocycles. The molecule has 0 saturated carbocycles. The van der Waals surface area contributed by atoms with Gasteiger partial charge in [-0.1, -0.05) is 87.8 Å². The van der Waals surface area contributed by atoms with Gasteiger partial charge in [-0.3, -0.25) is 0 Å². The summed E-state index contributed by atoms with van der Waals surface area (Å²) in [7, 11) is -1.44. The van der Waals surface area contributed by atoms with E-state index in [1.165, 1.54) is 30.9 Å². The minimum absolute atomic E-state index is 0.205. The molecule has 0 aromatic heterocycles. The van der Waals surface area contributed by atoms with Crippen LogP contribution in [0.5, 0.6) is 0 Å². The summed E-state index contributed by atoms with van der Waals surface area (Å²) < 4.78 is 0. The lowest BCUT2D eigenvalue weighted by Crippen LogP contribution is -2.31. The highest BCUT2D eigenvalue weighted by Crippen LogP contribution is 2.35. The summed E-state index contributed by atoms with van der Waals surface area (Å²) in [4.78, 5) is 0. The molecule has 0 radical (unpaired) electrons. The van der Waals surface area contributed by atoms with Crippen LogP contribution in [-0.4, -0.2) is 13.2 Å². The molecule has 0 fully saturated rings. The van der Waals surface area contributed by atoms with Crippen molar-refractivity contribution in [2.75, 3.05) is 0 Å². The summed E-state index contributed by atoms with van der Waals surface area (Å²) in [6.45, 7) is 13.6. The molecule has 1 N–H and O–H groups in total. The topological polar surface area (TPSA) is 20.2 Å². The third-order valence-electron chi connectivity index (χ3n) is 4.30. The fraction of sp³-hybridized carbons (Fsp3) is 0.579. The summed E-state index contributed by atoms with van der Waals surface area (Å²) >= 11 is 0. The van der Waals surface area contributed by atoms with Crippen molar-refractivity contribution in [2.45, 2.75) is 64.8 Å². The Hall–Kier alpha value is -0.863. The Balaban J connectivity index is 2.83. The van der Waals surface area contributed by atoms with Crippen LogP contribution in [0.3, 0.4) is 0 Å². The van der Waals surface area contributed by atoms with Gasteiger partial charge in [0.2, 0.25) is 0 Å². The van der Waals surface area contributed by atoms with Gasteiger partial charge in [0.25, 0.3) is 0 Å². The van der Waals surface area contributed by atoms with E-state index in [9.17, 15) is 5.11 Å². The summed E-state index contributed by atoms with van der Waals surface area (Å²) in [5, 5.41) is 12.1. The second-order valence-electron chi connectivity index (χ2n) is 7.09. The molecule has 0 aliphatic carbocycles. The van der Waals surface area contributed by atoms with Gasteiger partial charge in [0.15, 0.2) is 0 Å². The van der Waals surface area contributed by atoms with Crippen molar-refractivity contribution in [3.8, 4) is 0 Å². The first-order valence-electron chi connectivity index (χ1n) is 8.30. The summed E-state index contributed by atoms with van der Waals surface area (Å²) in [6, 6.07) is 10.1. The van der Waals surface area contributed by atoms with Crippen LogP contribution in [-0.2, 0) is 0 Å². The van der Waals surface area contributed by atoms with E-state index in [0.717, 1.165) is 12.0 Å². The number of benzene rings is 1. The fourth-order valence-electron chi connectivity index (χ4n) is 2.75. The second kappa shape index (κ2) is 8.55. The molecule has 0 bridgehead atoms. The molecule has 1 aromatic carbocycles. The third-order valence-corrected chi connectivity index (χ3v) is 6.60. The van der Waals surface area contributed by atoms with E-state index >= 15 is 0 Å². The largest absolute Gasteiger partial charge is 0.388 e. The molecular weight excluding hydrogens is 272 g/mol. The number of hydrogen-bond donors (Lipinski definition) is 1. The molecule has 0 spiro atoms. The van der Waals surface area contributed by atoms with E-state index in [-0.39, 0.29) is 5.92 Å². The summed E-state index contributed by atoms with van der Waals surface area (Å²) in [6.07, 6.45) is 5.62. The van der Waals surface area contributed by atoms with Crippen molar-refractivity contribution in [3.63, 3.8) is 0 Å². The number of hydrogen-bond acceptors (Lipinski definition) is 1. The van der Waals surface area contributed by atoms with Crippen LogP contribution >= 0.6 is 0 Å². The van der Waals surface area contributed by atoms with E-state index in [2.05, 4.69) is 33.1 Å². The highest BCUT2D eigenvalue weighted by Gasteiger charge is 2.30. The molecule has 2 heteroatoms. The molecular formula is C19H32OSi. The molecule has 2 unspecified atom stereocenters. The van der Waals surface area contributed by atoms with Crippen LogP contribution in [0.4, 0.5) is 0 Å². The van der Waals surface area contributed by atoms with Crippen molar-refractivity contribution < 1.29 is 5.11 Å². The van der Waals surface area contributed by atoms with Gasteiger partial charge >= 0.3 is 0 Å². The van der Waals surface area contributed by atoms with Crippen LogP contribution in [0.25, 0.3) is 0 Å². The van der Waals surface area contributed by atoms with Gasteiger partial charge in [0, 0.05) is 5.92 Å². The Kier molecular flexibility index (Phi) is 7.40. The molecule has 0 aliphatic rings. The maximum absolute atomic E-state index is 10.8. The van der Waals surface area contributed by atoms with Crippen molar-refractivity contribution >= 4 is 8.07 Å². The van der Waals surface area contributed by atoms with E-state index in [1.54, 1.807) is 0 Å². The van der Waals surface area contributed by atoms with Crippen molar-refractivity contribution in [1.29, 1.82) is 0 Å². The monoisotopic (exact) mass is 304 g/mol. The van der Waals surface area contributed by atoms with Crippen molar-refractivity contribution in [1.82, 2.24) is 0 Å². The van der Waals surface area contributed by atoms with Crippen LogP contribution < -0.4 is 0 Å². The maximum atomic E-state index is 10.8. The summed E-state index contributed by atoms with van der Waals surface area (Å²) in [5.74, 6) is 0.205. The van der Waals surface area contributed by atoms with E-state index < -0.39 is 14.2 Å². The molecule has 1 aromatic rings. The highest BCUT2D eigenvalue weighted by molar-refractivity contribution is 6.83. The smallest absolute Gasteiger partial charge is 0.0851 e. The Morgan fingerprint density at radius 3 is 2.24 bits per heavy atom. The Morgan fingerprint density at radius 1 is 1.10 bits per heavy atom. The average Bonchev–Trinajstić information content (AvgIpc) is 2.46. The molecule has 0 aliphatic heterocycles. The Morgan fingerprint density at radius 2 is 1.71 bits per heavy atom. The number of aliphatic hydroxyl groups excluding tert-OH is 1. The van der Waals surface area contributed by atoms with Gasteiger partial charge in [-0.2, -0.15) is 0 Å². The zero-order valence-corrected chi connectivity index (χ0v) is 15.2. The van der Waals surface area contributed by atoms with E-state index in [4.69, 9.17) is 0 Å². The quantitative estimate of drug-likeness (QED) is 0.455. The predicted molar refractivity (Wildman–Crippen MR) is 96.1 cm³/mol. The van der Waals surface area contributed by atoms with E-state index in [1.807, 2.05) is 30.3 Å². The zero-order chi connectivity index (χ0) is 15.9. The van der Waals surface area contributed by atoms with Gasteiger partial charge < -0.3 is 5.11 Å². The predicted octanol–water partition coefficient (Wildman–Crippen LogP) is 5.74. The molecule has 0 saturated heterocycles. The molecule has 118 valence electrons. The second-order valence-corrected chi connectivity index (χ2v) is 12.2. The lowest BCUT2D eigenvalue weighted by molar-refractivity contribution is 0.122. The lowest BCUT2D eigenvalue weighted by atomic mass is 9.90. The van der Waals surface area contributed by atoms with Gasteiger partial charge in [0.05, 0.1) is 14.2 Å². The minimum atomic E-state index is -1.44. The van der Waals surface area contributed by atoms with Crippen LogP contribution in [0.1, 0.15) is 50.7 Å². The molecule has 21 heavy (non-hydrogen) atoms. The SMILES string of the molecule is C=C(C(CCCCCC)C(O)c1ccccc1)[Si](C)(C)C.